The smallest absolute Gasteiger partial charge is 0.323 e. The molecule has 3 aliphatic carbocycles. The van der Waals surface area contributed by atoms with Crippen LogP contribution in [-0.4, -0.2) is 71.6 Å². The average molecular weight is 513 g/mol. The quantitative estimate of drug-likeness (QED) is 0.536. The molecule has 2 heterocycles. The van der Waals surface area contributed by atoms with Crippen LogP contribution in [0.3, 0.4) is 0 Å². The van der Waals surface area contributed by atoms with Crippen LogP contribution in [0.25, 0.3) is 0 Å². The highest BCUT2D eigenvalue weighted by molar-refractivity contribution is 5.76. The molecule has 0 amide bonds. The van der Waals surface area contributed by atoms with E-state index < -0.39 is 11.6 Å². The third-order valence-corrected chi connectivity index (χ3v) is 9.81. The molecule has 37 heavy (non-hydrogen) atoms. The molecule has 0 unspecified atom stereocenters. The zero-order chi connectivity index (χ0) is 26.3. The predicted octanol–water partition coefficient (Wildman–Crippen LogP) is 3.93. The van der Waals surface area contributed by atoms with Gasteiger partial charge in [0.2, 0.25) is 0 Å². The predicted molar refractivity (Wildman–Crippen MR) is 141 cm³/mol. The van der Waals surface area contributed by atoms with Crippen molar-refractivity contribution in [3.63, 3.8) is 0 Å². The van der Waals surface area contributed by atoms with Crippen molar-refractivity contribution < 1.29 is 24.1 Å². The zero-order valence-corrected chi connectivity index (χ0v) is 23.3. The number of rotatable bonds is 7. The lowest BCUT2D eigenvalue weighted by atomic mass is 9.48. The molecular formula is C30H44N2O5. The number of phenolic OH excluding ortho intramolecular Hbond substituents is 1. The molecule has 2 aliphatic heterocycles. The van der Waals surface area contributed by atoms with Gasteiger partial charge < -0.3 is 19.3 Å². The molecule has 2 N–H and O–H groups in total. The lowest BCUT2D eigenvalue weighted by Crippen LogP contribution is -2.79. The number of piperidine rings is 1. The maximum Gasteiger partial charge on any atom is 0.323 e. The van der Waals surface area contributed by atoms with Crippen LogP contribution in [0.1, 0.15) is 77.8 Å². The second-order valence-electron chi connectivity index (χ2n) is 13.5. The zero-order valence-electron chi connectivity index (χ0n) is 23.3. The number of benzene rings is 1. The van der Waals surface area contributed by atoms with Crippen LogP contribution >= 0.6 is 0 Å². The standard InChI is InChI=1S/C30H44N2O5/c1-17(2)24(27(34)37-28(3,4)5)31-20-11-12-30(35-6)22-15-19-9-10-21(33)25-23(19)29(30,26(20)36-25)13-14-32(22)16-18-7-8-18/h9-10,17-18,20,22,24,26,31,33H,7-8,11-16H2,1-6H3/t20-,22+,24-,26-,29-,30+/m0/s1. The van der Waals surface area contributed by atoms with Gasteiger partial charge in [0.25, 0.3) is 0 Å². The monoisotopic (exact) mass is 512 g/mol. The van der Waals surface area contributed by atoms with Gasteiger partial charge in [-0.2, -0.15) is 0 Å². The van der Waals surface area contributed by atoms with Crippen LogP contribution in [0.2, 0.25) is 0 Å². The number of hydrogen-bond donors (Lipinski definition) is 2. The molecule has 2 saturated carbocycles. The van der Waals surface area contributed by atoms with Gasteiger partial charge in [-0.15, -0.1) is 0 Å². The van der Waals surface area contributed by atoms with Gasteiger partial charge in [0, 0.05) is 31.3 Å². The first kappa shape index (κ1) is 25.4. The largest absolute Gasteiger partial charge is 0.504 e. The number of hydrogen-bond acceptors (Lipinski definition) is 7. The lowest BCUT2D eigenvalue weighted by molar-refractivity contribution is -0.208. The van der Waals surface area contributed by atoms with Crippen molar-refractivity contribution in [3.05, 3.63) is 23.3 Å². The van der Waals surface area contributed by atoms with Gasteiger partial charge in [-0.25, -0.2) is 0 Å². The Balaban J connectivity index is 1.40. The summed E-state index contributed by atoms with van der Waals surface area (Å²) in [5, 5.41) is 14.7. The molecule has 1 spiro atoms. The van der Waals surface area contributed by atoms with Crippen LogP contribution in [-0.2, 0) is 26.1 Å². The van der Waals surface area contributed by atoms with Crippen molar-refractivity contribution in [2.75, 3.05) is 20.2 Å². The van der Waals surface area contributed by atoms with E-state index in [1.54, 1.807) is 6.07 Å². The van der Waals surface area contributed by atoms with E-state index in [9.17, 15) is 9.90 Å². The second kappa shape index (κ2) is 8.59. The fourth-order valence-corrected chi connectivity index (χ4v) is 8.17. The Morgan fingerprint density at radius 2 is 2.00 bits per heavy atom. The summed E-state index contributed by atoms with van der Waals surface area (Å²) >= 11 is 0. The minimum absolute atomic E-state index is 0.0587. The lowest BCUT2D eigenvalue weighted by Gasteiger charge is -2.66. The van der Waals surface area contributed by atoms with E-state index >= 15 is 0 Å². The SMILES string of the molecule is CO[C@@]12CC[C@H](N[C@H](C(=O)OC(C)(C)C)C(C)C)[C@@H]3Oc4c(O)ccc5c4[C@@]31CCN(CC1CC1)[C@@H]2C5. The molecule has 2 bridgehead atoms. The first-order valence-corrected chi connectivity index (χ1v) is 14.3. The maximum atomic E-state index is 13.3. The van der Waals surface area contributed by atoms with Crippen molar-refractivity contribution >= 4 is 5.97 Å². The van der Waals surface area contributed by atoms with E-state index in [1.165, 1.54) is 18.4 Å². The molecule has 1 aromatic rings. The van der Waals surface area contributed by atoms with Gasteiger partial charge in [0.15, 0.2) is 11.5 Å². The minimum Gasteiger partial charge on any atom is -0.504 e. The number of aromatic hydroxyl groups is 1. The normalized spacial score (nSPS) is 35.2. The first-order chi connectivity index (χ1) is 17.5. The number of methoxy groups -OCH3 is 1. The Morgan fingerprint density at radius 1 is 1.24 bits per heavy atom. The van der Waals surface area contributed by atoms with Crippen LogP contribution in [0.4, 0.5) is 0 Å². The summed E-state index contributed by atoms with van der Waals surface area (Å²) in [6.07, 6.45) is 6.02. The molecule has 1 aromatic carbocycles. The number of nitrogens with one attached hydrogen (secondary N) is 1. The third kappa shape index (κ3) is 3.75. The topological polar surface area (TPSA) is 80.3 Å². The fourth-order valence-electron chi connectivity index (χ4n) is 8.17. The highest BCUT2D eigenvalue weighted by Gasteiger charge is 2.74. The third-order valence-electron chi connectivity index (χ3n) is 9.81. The molecule has 7 heteroatoms. The number of nitrogens with zero attached hydrogens (tertiary/aromatic N) is 1. The Morgan fingerprint density at radius 3 is 2.65 bits per heavy atom. The molecule has 5 aliphatic rings. The number of carbonyl (C=O) groups is 1. The Kier molecular flexibility index (Phi) is 5.91. The van der Waals surface area contributed by atoms with Gasteiger partial charge in [0.05, 0.1) is 11.0 Å². The summed E-state index contributed by atoms with van der Waals surface area (Å²) in [7, 11) is 1.88. The summed E-state index contributed by atoms with van der Waals surface area (Å²) < 4.78 is 19.3. The van der Waals surface area contributed by atoms with Crippen molar-refractivity contribution in [1.29, 1.82) is 0 Å². The van der Waals surface area contributed by atoms with Crippen LogP contribution in [0, 0.1) is 11.8 Å². The van der Waals surface area contributed by atoms with Crippen LogP contribution in [0.5, 0.6) is 11.5 Å². The molecule has 6 rings (SSSR count). The van der Waals surface area contributed by atoms with Crippen LogP contribution < -0.4 is 10.1 Å². The maximum absolute atomic E-state index is 13.3. The van der Waals surface area contributed by atoms with E-state index in [0.29, 0.717) is 5.75 Å². The highest BCUT2D eigenvalue weighted by atomic mass is 16.6. The van der Waals surface area contributed by atoms with E-state index in [-0.39, 0.29) is 46.8 Å². The Labute approximate surface area is 221 Å². The molecular weight excluding hydrogens is 468 g/mol. The number of carbonyl (C=O) groups excluding carboxylic acids is 1. The summed E-state index contributed by atoms with van der Waals surface area (Å²) in [6.45, 7) is 12.0. The van der Waals surface area contributed by atoms with Crippen molar-refractivity contribution in [3.8, 4) is 11.5 Å². The minimum atomic E-state index is -0.547. The van der Waals surface area contributed by atoms with Crippen molar-refractivity contribution in [1.82, 2.24) is 10.2 Å². The van der Waals surface area contributed by atoms with Crippen molar-refractivity contribution in [2.24, 2.45) is 11.8 Å². The highest BCUT2D eigenvalue weighted by Crippen LogP contribution is 2.66. The Bertz CT molecular complexity index is 1080. The first-order valence-electron chi connectivity index (χ1n) is 14.3. The molecule has 6 atom stereocenters. The molecule has 7 nitrogen and oxygen atoms in total. The van der Waals surface area contributed by atoms with E-state index in [4.69, 9.17) is 14.2 Å². The van der Waals surface area contributed by atoms with Crippen LogP contribution in [0.15, 0.2) is 12.1 Å². The fraction of sp³-hybridized carbons (Fsp3) is 0.767. The number of ether oxygens (including phenoxy) is 3. The van der Waals surface area contributed by atoms with Gasteiger partial charge in [-0.1, -0.05) is 19.9 Å². The summed E-state index contributed by atoms with van der Waals surface area (Å²) in [5.41, 5.74) is 1.15. The van der Waals surface area contributed by atoms with E-state index in [0.717, 1.165) is 50.3 Å². The summed E-state index contributed by atoms with van der Waals surface area (Å²) in [4.78, 5) is 16.0. The molecule has 0 radical (unpaired) electrons. The van der Waals surface area contributed by atoms with Gasteiger partial charge in [-0.05, 0) is 89.3 Å². The van der Waals surface area contributed by atoms with Gasteiger partial charge in [0.1, 0.15) is 17.7 Å². The number of phenols is 1. The summed E-state index contributed by atoms with van der Waals surface area (Å²) in [5.74, 6) is 1.49. The molecule has 1 saturated heterocycles. The van der Waals surface area contributed by atoms with E-state index in [1.807, 2.05) is 27.9 Å². The van der Waals surface area contributed by atoms with Gasteiger partial charge >= 0.3 is 5.97 Å². The molecule has 204 valence electrons. The average Bonchev–Trinajstić information content (AvgIpc) is 3.57. The Hall–Kier alpha value is -1.83. The number of esters is 1. The van der Waals surface area contributed by atoms with Crippen molar-refractivity contribution in [2.45, 2.75) is 114 Å². The second-order valence-corrected chi connectivity index (χ2v) is 13.5. The molecule has 0 aromatic heterocycles. The van der Waals surface area contributed by atoms with Gasteiger partial charge in [-0.3, -0.25) is 15.0 Å². The molecule has 3 fully saturated rings. The van der Waals surface area contributed by atoms with E-state index in [2.05, 4.69) is 30.1 Å². The summed E-state index contributed by atoms with van der Waals surface area (Å²) in [6, 6.07) is 3.68. The number of likely N-dealkylation sites (tertiary alicyclic amines) is 1.